The monoisotopic (exact) mass is 257 g/mol. The molecule has 1 fully saturated rings. The van der Waals surface area contributed by atoms with Gasteiger partial charge in [-0.25, -0.2) is 0 Å². The number of morpholine rings is 1. The lowest BCUT2D eigenvalue weighted by Crippen LogP contribution is -2.40. The summed E-state index contributed by atoms with van der Waals surface area (Å²) in [4.78, 5) is 6.99. The van der Waals surface area contributed by atoms with Crippen LogP contribution in [0.25, 0.3) is 0 Å². The third-order valence-electron chi connectivity index (χ3n) is 3.14. The summed E-state index contributed by atoms with van der Waals surface area (Å²) in [5.74, 6) is 0. The van der Waals surface area contributed by atoms with Crippen LogP contribution in [0.4, 0.5) is 0 Å². The second-order valence-corrected chi connectivity index (χ2v) is 5.84. The van der Waals surface area contributed by atoms with E-state index in [0.717, 1.165) is 51.1 Å². The average Bonchev–Trinajstić information content (AvgIpc) is 2.79. The van der Waals surface area contributed by atoms with Crippen LogP contribution in [-0.4, -0.2) is 61.3 Å². The van der Waals surface area contributed by atoms with Crippen molar-refractivity contribution in [1.82, 2.24) is 10.2 Å². The molecule has 0 aromatic rings. The third kappa shape index (κ3) is 4.48. The molecule has 0 aromatic heterocycles. The topological polar surface area (TPSA) is 36.9 Å². The molecule has 2 aliphatic rings. The maximum Gasteiger partial charge on any atom is 0.156 e. The number of rotatable bonds is 5. The van der Waals surface area contributed by atoms with E-state index in [2.05, 4.69) is 22.1 Å². The Hall–Kier alpha value is -0.260. The second kappa shape index (κ2) is 7.24. The van der Waals surface area contributed by atoms with Crippen LogP contribution in [0.2, 0.25) is 0 Å². The second-order valence-electron chi connectivity index (χ2n) is 4.56. The summed E-state index contributed by atoms with van der Waals surface area (Å²) in [5.41, 5.74) is 0. The van der Waals surface area contributed by atoms with Crippen LogP contribution >= 0.6 is 11.8 Å². The quantitative estimate of drug-likeness (QED) is 0.802. The highest BCUT2D eigenvalue weighted by Gasteiger charge is 2.18. The van der Waals surface area contributed by atoms with Gasteiger partial charge in [0.15, 0.2) is 5.17 Å². The van der Waals surface area contributed by atoms with E-state index >= 15 is 0 Å². The molecule has 4 nitrogen and oxygen atoms in total. The molecular weight excluding hydrogens is 234 g/mol. The van der Waals surface area contributed by atoms with E-state index in [9.17, 15) is 0 Å². The summed E-state index contributed by atoms with van der Waals surface area (Å²) < 4.78 is 5.33. The lowest BCUT2D eigenvalue weighted by molar-refractivity contribution is 0.0389. The van der Waals surface area contributed by atoms with E-state index in [-0.39, 0.29) is 0 Å². The summed E-state index contributed by atoms with van der Waals surface area (Å²) in [7, 11) is 0. The predicted octanol–water partition coefficient (Wildman–Crippen LogP) is 1.18. The van der Waals surface area contributed by atoms with Gasteiger partial charge in [-0.2, -0.15) is 0 Å². The van der Waals surface area contributed by atoms with Gasteiger partial charge in [0.2, 0.25) is 0 Å². The van der Waals surface area contributed by atoms with Gasteiger partial charge in [-0.05, 0) is 6.42 Å². The molecule has 2 aliphatic heterocycles. The summed E-state index contributed by atoms with van der Waals surface area (Å²) in [6.45, 7) is 9.25. The highest BCUT2D eigenvalue weighted by Crippen LogP contribution is 2.23. The van der Waals surface area contributed by atoms with Crippen molar-refractivity contribution < 1.29 is 4.74 Å². The standard InChI is InChI=1S/C12H23N3OS/c1-2-3-11-10-14-12(17-11)13-4-5-15-6-8-16-9-7-15/h11H,2-10H2,1H3,(H,13,14). The van der Waals surface area contributed by atoms with Crippen LogP contribution in [0.15, 0.2) is 4.99 Å². The molecular formula is C12H23N3OS. The van der Waals surface area contributed by atoms with Gasteiger partial charge in [0, 0.05) is 31.4 Å². The highest BCUT2D eigenvalue weighted by molar-refractivity contribution is 8.14. The minimum absolute atomic E-state index is 0.714. The number of ether oxygens (including phenoxy) is 1. The van der Waals surface area contributed by atoms with Crippen molar-refractivity contribution >= 4 is 16.9 Å². The summed E-state index contributed by atoms with van der Waals surface area (Å²) >= 11 is 1.92. The van der Waals surface area contributed by atoms with Crippen molar-refractivity contribution in [3.8, 4) is 0 Å². The molecule has 2 heterocycles. The predicted molar refractivity (Wildman–Crippen MR) is 73.9 cm³/mol. The van der Waals surface area contributed by atoms with Crippen LogP contribution in [-0.2, 0) is 4.74 Å². The minimum Gasteiger partial charge on any atom is -0.379 e. The molecule has 0 bridgehead atoms. The molecule has 1 saturated heterocycles. The Bertz CT molecular complexity index is 254. The van der Waals surface area contributed by atoms with Crippen LogP contribution in [0.3, 0.4) is 0 Å². The number of amidine groups is 1. The van der Waals surface area contributed by atoms with Gasteiger partial charge in [-0.1, -0.05) is 25.1 Å². The lowest BCUT2D eigenvalue weighted by atomic mass is 10.2. The van der Waals surface area contributed by atoms with Crippen LogP contribution < -0.4 is 5.32 Å². The number of thioether (sulfide) groups is 1. The zero-order chi connectivity index (χ0) is 11.9. The smallest absolute Gasteiger partial charge is 0.156 e. The number of nitrogens with one attached hydrogen (secondary N) is 1. The highest BCUT2D eigenvalue weighted by atomic mass is 32.2. The lowest BCUT2D eigenvalue weighted by Gasteiger charge is -2.26. The van der Waals surface area contributed by atoms with Gasteiger partial charge >= 0.3 is 0 Å². The van der Waals surface area contributed by atoms with Crippen molar-refractivity contribution in [2.75, 3.05) is 45.9 Å². The van der Waals surface area contributed by atoms with Crippen LogP contribution in [0, 0.1) is 0 Å². The van der Waals surface area contributed by atoms with Crippen molar-refractivity contribution in [2.45, 2.75) is 25.0 Å². The molecule has 17 heavy (non-hydrogen) atoms. The normalized spacial score (nSPS) is 25.9. The Morgan fingerprint density at radius 2 is 2.29 bits per heavy atom. The van der Waals surface area contributed by atoms with Gasteiger partial charge in [0.05, 0.1) is 19.8 Å². The fraction of sp³-hybridized carbons (Fsp3) is 0.917. The minimum atomic E-state index is 0.714. The third-order valence-corrected chi connectivity index (χ3v) is 4.35. The Morgan fingerprint density at radius 3 is 3.06 bits per heavy atom. The molecule has 5 heteroatoms. The van der Waals surface area contributed by atoms with E-state index in [1.54, 1.807) is 0 Å². The molecule has 0 spiro atoms. The molecule has 0 aliphatic carbocycles. The molecule has 1 N–H and O–H groups in total. The Labute approximate surface area is 108 Å². The number of hydrogen-bond acceptors (Lipinski definition) is 5. The van der Waals surface area contributed by atoms with Crippen molar-refractivity contribution in [1.29, 1.82) is 0 Å². The van der Waals surface area contributed by atoms with Gasteiger partial charge in [0.25, 0.3) is 0 Å². The number of aliphatic imine (C=N–C) groups is 1. The van der Waals surface area contributed by atoms with Crippen molar-refractivity contribution in [2.24, 2.45) is 4.99 Å². The first kappa shape index (κ1) is 13.2. The summed E-state index contributed by atoms with van der Waals surface area (Å²) in [6.07, 6.45) is 2.54. The fourth-order valence-electron chi connectivity index (χ4n) is 2.13. The van der Waals surface area contributed by atoms with Crippen molar-refractivity contribution in [3.63, 3.8) is 0 Å². The zero-order valence-electron chi connectivity index (χ0n) is 10.7. The number of hydrogen-bond donors (Lipinski definition) is 1. The van der Waals surface area contributed by atoms with E-state index in [4.69, 9.17) is 4.74 Å². The molecule has 98 valence electrons. The van der Waals surface area contributed by atoms with E-state index < -0.39 is 0 Å². The van der Waals surface area contributed by atoms with Crippen molar-refractivity contribution in [3.05, 3.63) is 0 Å². The van der Waals surface area contributed by atoms with Gasteiger partial charge in [-0.15, -0.1) is 0 Å². The van der Waals surface area contributed by atoms with E-state index in [0.29, 0.717) is 5.25 Å². The maximum absolute atomic E-state index is 5.33. The summed E-state index contributed by atoms with van der Waals surface area (Å²) in [6, 6.07) is 0. The molecule has 0 aromatic carbocycles. The molecule has 1 atom stereocenters. The van der Waals surface area contributed by atoms with Crippen LogP contribution in [0.1, 0.15) is 19.8 Å². The summed E-state index contributed by atoms with van der Waals surface area (Å²) in [5, 5.41) is 5.31. The molecule has 0 amide bonds. The Kier molecular flexibility index (Phi) is 5.61. The van der Waals surface area contributed by atoms with Gasteiger partial charge in [0.1, 0.15) is 0 Å². The molecule has 1 unspecified atom stereocenters. The van der Waals surface area contributed by atoms with E-state index in [1.807, 2.05) is 11.8 Å². The zero-order valence-corrected chi connectivity index (χ0v) is 11.5. The molecule has 0 saturated carbocycles. The first-order valence-electron chi connectivity index (χ1n) is 6.63. The first-order valence-corrected chi connectivity index (χ1v) is 7.51. The SMILES string of the molecule is CCCC1CN=C(NCCN2CCOCC2)S1. The Balaban J connectivity index is 1.56. The Morgan fingerprint density at radius 1 is 1.47 bits per heavy atom. The molecule has 2 rings (SSSR count). The van der Waals surface area contributed by atoms with Gasteiger partial charge < -0.3 is 10.1 Å². The first-order chi connectivity index (χ1) is 8.38. The molecule has 0 radical (unpaired) electrons. The van der Waals surface area contributed by atoms with E-state index in [1.165, 1.54) is 12.8 Å². The van der Waals surface area contributed by atoms with Crippen LogP contribution in [0.5, 0.6) is 0 Å². The maximum atomic E-state index is 5.33. The number of nitrogens with zero attached hydrogens (tertiary/aromatic N) is 2. The van der Waals surface area contributed by atoms with Gasteiger partial charge in [-0.3, -0.25) is 9.89 Å². The largest absolute Gasteiger partial charge is 0.379 e. The fourth-order valence-corrected chi connectivity index (χ4v) is 3.29. The average molecular weight is 257 g/mol.